The van der Waals surface area contributed by atoms with Crippen LogP contribution >= 0.6 is 0 Å². The lowest BCUT2D eigenvalue weighted by Crippen LogP contribution is -2.40. The molecule has 118 valence electrons. The molecule has 0 spiro atoms. The highest BCUT2D eigenvalue weighted by Crippen LogP contribution is 2.15. The van der Waals surface area contributed by atoms with Gasteiger partial charge < -0.3 is 20.9 Å². The van der Waals surface area contributed by atoms with Crippen LogP contribution in [0.15, 0.2) is 24.3 Å². The van der Waals surface area contributed by atoms with E-state index in [1.807, 2.05) is 24.3 Å². The van der Waals surface area contributed by atoms with Crippen molar-refractivity contribution in [2.24, 2.45) is 5.73 Å². The van der Waals surface area contributed by atoms with Crippen molar-refractivity contribution in [3.8, 4) is 0 Å². The predicted octanol–water partition coefficient (Wildman–Crippen LogP) is -0.210. The van der Waals surface area contributed by atoms with Gasteiger partial charge in [-0.05, 0) is 19.1 Å². The Balaban J connectivity index is 1.89. The van der Waals surface area contributed by atoms with Crippen LogP contribution in [0.5, 0.6) is 0 Å². The van der Waals surface area contributed by atoms with E-state index in [2.05, 4.69) is 27.1 Å². The molecule has 2 aromatic rings. The van der Waals surface area contributed by atoms with Gasteiger partial charge in [0.2, 0.25) is 11.8 Å². The van der Waals surface area contributed by atoms with E-state index < -0.39 is 0 Å². The quantitative estimate of drug-likeness (QED) is 0.658. The van der Waals surface area contributed by atoms with E-state index in [9.17, 15) is 9.59 Å². The van der Waals surface area contributed by atoms with Gasteiger partial charge in [0, 0.05) is 19.5 Å². The summed E-state index contributed by atoms with van der Waals surface area (Å²) in [5, 5.41) is 5.19. The molecule has 0 bridgehead atoms. The first kappa shape index (κ1) is 16.0. The number of hydrogen-bond acceptors (Lipinski definition) is 4. The third-order valence-corrected chi connectivity index (χ3v) is 3.35. The molecule has 7 heteroatoms. The van der Waals surface area contributed by atoms with Crippen molar-refractivity contribution < 1.29 is 9.59 Å². The maximum absolute atomic E-state index is 11.6. The second kappa shape index (κ2) is 7.56. The molecule has 0 radical (unpaired) electrons. The second-order valence-electron chi connectivity index (χ2n) is 4.84. The van der Waals surface area contributed by atoms with Crippen LogP contribution in [0.4, 0.5) is 0 Å². The first-order valence-corrected chi connectivity index (χ1v) is 7.33. The highest BCUT2D eigenvalue weighted by Gasteiger charge is 2.09. The molecule has 1 heterocycles. The monoisotopic (exact) mass is 303 g/mol. The van der Waals surface area contributed by atoms with Gasteiger partial charge in [-0.2, -0.15) is 0 Å². The standard InChI is InChI=1S/C15H21N5O2/c1-2-20-12-6-4-3-5-11(12)19-13(20)7-8-17-15(22)10-18-14(21)9-16/h3-6H,2,7-10,16H2,1H3,(H,17,22)(H,18,21). The van der Waals surface area contributed by atoms with E-state index in [1.54, 1.807) is 0 Å². The molecule has 0 fully saturated rings. The van der Waals surface area contributed by atoms with Crippen LogP contribution in [0.25, 0.3) is 11.0 Å². The van der Waals surface area contributed by atoms with Gasteiger partial charge >= 0.3 is 0 Å². The zero-order chi connectivity index (χ0) is 15.9. The minimum absolute atomic E-state index is 0.0553. The predicted molar refractivity (Wildman–Crippen MR) is 84.2 cm³/mol. The molecule has 0 atom stereocenters. The van der Waals surface area contributed by atoms with Crippen molar-refractivity contribution >= 4 is 22.8 Å². The number of amides is 2. The van der Waals surface area contributed by atoms with Crippen LogP contribution in [0.1, 0.15) is 12.7 Å². The van der Waals surface area contributed by atoms with E-state index in [-0.39, 0.29) is 24.9 Å². The fourth-order valence-electron chi connectivity index (χ4n) is 2.30. The van der Waals surface area contributed by atoms with Crippen molar-refractivity contribution in [2.45, 2.75) is 19.9 Å². The Kier molecular flexibility index (Phi) is 5.48. The van der Waals surface area contributed by atoms with Gasteiger partial charge in [-0.15, -0.1) is 0 Å². The summed E-state index contributed by atoms with van der Waals surface area (Å²) in [7, 11) is 0. The Morgan fingerprint density at radius 2 is 2.00 bits per heavy atom. The number of rotatable bonds is 7. The molecule has 22 heavy (non-hydrogen) atoms. The number of imidazole rings is 1. The molecule has 0 saturated heterocycles. The number of para-hydroxylation sites is 2. The number of aryl methyl sites for hydroxylation is 1. The van der Waals surface area contributed by atoms with Crippen LogP contribution in [-0.4, -0.2) is 41.0 Å². The van der Waals surface area contributed by atoms with Gasteiger partial charge in [0.1, 0.15) is 5.82 Å². The van der Waals surface area contributed by atoms with Gasteiger partial charge in [-0.3, -0.25) is 9.59 Å². The van der Waals surface area contributed by atoms with Crippen molar-refractivity contribution in [3.63, 3.8) is 0 Å². The van der Waals surface area contributed by atoms with E-state index >= 15 is 0 Å². The van der Waals surface area contributed by atoms with Crippen molar-refractivity contribution in [1.29, 1.82) is 0 Å². The number of nitrogens with two attached hydrogens (primary N) is 1. The Bertz CT molecular complexity index is 665. The van der Waals surface area contributed by atoms with Crippen LogP contribution < -0.4 is 16.4 Å². The molecule has 0 aliphatic heterocycles. The SMILES string of the molecule is CCn1c(CCNC(=O)CNC(=O)CN)nc2ccccc21. The molecule has 2 amide bonds. The van der Waals surface area contributed by atoms with Gasteiger partial charge in [-0.25, -0.2) is 4.98 Å². The van der Waals surface area contributed by atoms with Crippen LogP contribution in [0, 0.1) is 0 Å². The molecular formula is C15H21N5O2. The van der Waals surface area contributed by atoms with Crippen LogP contribution in [0.3, 0.4) is 0 Å². The minimum atomic E-state index is -0.345. The van der Waals surface area contributed by atoms with Crippen molar-refractivity contribution in [3.05, 3.63) is 30.1 Å². The second-order valence-corrected chi connectivity index (χ2v) is 4.84. The number of nitrogens with zero attached hydrogens (tertiary/aromatic N) is 2. The van der Waals surface area contributed by atoms with Gasteiger partial charge in [0.25, 0.3) is 0 Å². The summed E-state index contributed by atoms with van der Waals surface area (Å²) < 4.78 is 2.14. The molecular weight excluding hydrogens is 282 g/mol. The average Bonchev–Trinajstić information content (AvgIpc) is 2.89. The minimum Gasteiger partial charge on any atom is -0.354 e. The molecule has 1 aromatic heterocycles. The lowest BCUT2D eigenvalue weighted by atomic mass is 10.3. The third kappa shape index (κ3) is 3.82. The van der Waals surface area contributed by atoms with Gasteiger partial charge in [0.05, 0.1) is 24.1 Å². The van der Waals surface area contributed by atoms with E-state index in [0.717, 1.165) is 23.4 Å². The summed E-state index contributed by atoms with van der Waals surface area (Å²) in [6.45, 7) is 3.20. The lowest BCUT2D eigenvalue weighted by molar-refractivity contribution is -0.125. The molecule has 1 aromatic carbocycles. The van der Waals surface area contributed by atoms with E-state index in [1.165, 1.54) is 0 Å². The fraction of sp³-hybridized carbons (Fsp3) is 0.400. The van der Waals surface area contributed by atoms with Gasteiger partial charge in [0.15, 0.2) is 0 Å². The smallest absolute Gasteiger partial charge is 0.239 e. The average molecular weight is 303 g/mol. The van der Waals surface area contributed by atoms with Crippen LogP contribution in [-0.2, 0) is 22.6 Å². The Labute approximate surface area is 128 Å². The highest BCUT2D eigenvalue weighted by molar-refractivity contribution is 5.85. The molecule has 0 unspecified atom stereocenters. The number of carbonyl (C=O) groups excluding carboxylic acids is 2. The normalized spacial score (nSPS) is 10.6. The fourth-order valence-corrected chi connectivity index (χ4v) is 2.30. The molecule has 2 rings (SSSR count). The maximum Gasteiger partial charge on any atom is 0.239 e. The van der Waals surface area contributed by atoms with Crippen molar-refractivity contribution in [1.82, 2.24) is 20.2 Å². The summed E-state index contributed by atoms with van der Waals surface area (Å²) in [5.74, 6) is 0.360. The Hall–Kier alpha value is -2.41. The molecule has 0 aliphatic rings. The van der Waals surface area contributed by atoms with E-state index in [4.69, 9.17) is 5.73 Å². The largest absolute Gasteiger partial charge is 0.354 e. The Morgan fingerprint density at radius 3 is 2.73 bits per heavy atom. The Morgan fingerprint density at radius 1 is 1.23 bits per heavy atom. The van der Waals surface area contributed by atoms with Gasteiger partial charge in [-0.1, -0.05) is 12.1 Å². The molecule has 4 N–H and O–H groups in total. The summed E-state index contributed by atoms with van der Waals surface area (Å²) in [6.07, 6.45) is 0.638. The van der Waals surface area contributed by atoms with Crippen molar-refractivity contribution in [2.75, 3.05) is 19.6 Å². The maximum atomic E-state index is 11.6. The first-order valence-electron chi connectivity index (χ1n) is 7.33. The summed E-state index contributed by atoms with van der Waals surface area (Å²) in [4.78, 5) is 27.1. The van der Waals surface area contributed by atoms with Crippen LogP contribution in [0.2, 0.25) is 0 Å². The highest BCUT2D eigenvalue weighted by atomic mass is 16.2. The first-order chi connectivity index (χ1) is 10.7. The molecule has 7 nitrogen and oxygen atoms in total. The summed E-state index contributed by atoms with van der Waals surface area (Å²) in [6, 6.07) is 7.96. The van der Waals surface area contributed by atoms with E-state index in [0.29, 0.717) is 13.0 Å². The zero-order valence-corrected chi connectivity index (χ0v) is 12.6. The third-order valence-electron chi connectivity index (χ3n) is 3.35. The molecule has 0 aliphatic carbocycles. The number of aromatic nitrogens is 2. The summed E-state index contributed by atoms with van der Waals surface area (Å²) in [5.41, 5.74) is 7.21. The number of benzene rings is 1. The number of fused-ring (bicyclic) bond motifs is 1. The summed E-state index contributed by atoms with van der Waals surface area (Å²) >= 11 is 0. The zero-order valence-electron chi connectivity index (χ0n) is 12.6. The number of nitrogens with one attached hydrogen (secondary N) is 2. The molecule has 0 saturated carbocycles. The topological polar surface area (TPSA) is 102 Å². The number of hydrogen-bond donors (Lipinski definition) is 3. The lowest BCUT2D eigenvalue weighted by Gasteiger charge is -2.08. The number of carbonyl (C=O) groups is 2.